The third-order valence-electron chi connectivity index (χ3n) is 2.63. The zero-order valence-corrected chi connectivity index (χ0v) is 12.0. The molecule has 6 heteroatoms. The normalized spacial score (nSPS) is 13.5. The van der Waals surface area contributed by atoms with E-state index in [9.17, 15) is 18.3 Å². The molecule has 0 radical (unpaired) electrons. The molecule has 0 amide bonds. The first-order valence-electron chi connectivity index (χ1n) is 5.44. The highest BCUT2D eigenvalue weighted by atomic mass is 79.9. The second-order valence-electron chi connectivity index (χ2n) is 4.08. The van der Waals surface area contributed by atoms with Gasteiger partial charge >= 0.3 is 6.18 Å². The first-order chi connectivity index (χ1) is 8.86. The van der Waals surface area contributed by atoms with E-state index < -0.39 is 17.8 Å². The Labute approximate surface area is 120 Å². The Hall–Kier alpha value is -0.850. The van der Waals surface area contributed by atoms with Gasteiger partial charge in [-0.05, 0) is 39.7 Å². The number of hydrogen-bond acceptors (Lipinski definition) is 2. The fraction of sp³-hybridized carbons (Fsp3) is 0.231. The van der Waals surface area contributed by atoms with E-state index in [1.165, 1.54) is 23.5 Å². The van der Waals surface area contributed by atoms with Gasteiger partial charge in [-0.3, -0.25) is 0 Å². The van der Waals surface area contributed by atoms with Crippen molar-refractivity contribution in [3.8, 4) is 0 Å². The lowest BCUT2D eigenvalue weighted by molar-refractivity contribution is -0.137. The monoisotopic (exact) mass is 350 g/mol. The second-order valence-corrected chi connectivity index (χ2v) is 5.94. The van der Waals surface area contributed by atoms with Crippen molar-refractivity contribution >= 4 is 27.3 Å². The molecular weight excluding hydrogens is 341 g/mol. The molecule has 19 heavy (non-hydrogen) atoms. The molecular formula is C13H10BrF3OS. The predicted octanol–water partition coefficient (Wildman–Crippen LogP) is 4.81. The van der Waals surface area contributed by atoms with E-state index in [1.807, 2.05) is 5.38 Å². The van der Waals surface area contributed by atoms with E-state index in [1.54, 1.807) is 6.07 Å². The number of rotatable bonds is 3. The van der Waals surface area contributed by atoms with Crippen LogP contribution in [0.2, 0.25) is 0 Å². The number of alkyl halides is 3. The highest BCUT2D eigenvalue weighted by molar-refractivity contribution is 9.10. The molecule has 1 heterocycles. The quantitative estimate of drug-likeness (QED) is 0.842. The Bertz CT molecular complexity index is 548. The average Bonchev–Trinajstić information content (AvgIpc) is 2.75. The van der Waals surface area contributed by atoms with Gasteiger partial charge in [0.05, 0.1) is 11.7 Å². The zero-order chi connectivity index (χ0) is 14.0. The van der Waals surface area contributed by atoms with Crippen LogP contribution in [0.4, 0.5) is 13.2 Å². The van der Waals surface area contributed by atoms with Crippen molar-refractivity contribution in [2.75, 3.05) is 0 Å². The van der Waals surface area contributed by atoms with E-state index in [0.29, 0.717) is 12.0 Å². The molecule has 1 nitrogen and oxygen atoms in total. The van der Waals surface area contributed by atoms with Crippen molar-refractivity contribution in [1.29, 1.82) is 0 Å². The third-order valence-corrected chi connectivity index (χ3v) is 4.42. The molecule has 1 aromatic carbocycles. The lowest BCUT2D eigenvalue weighted by Crippen LogP contribution is -2.05. The van der Waals surface area contributed by atoms with Gasteiger partial charge in [0, 0.05) is 21.2 Å². The third kappa shape index (κ3) is 3.81. The number of aliphatic hydroxyl groups is 1. The fourth-order valence-corrected chi connectivity index (χ4v) is 3.09. The first kappa shape index (κ1) is 14.6. The van der Waals surface area contributed by atoms with Crippen LogP contribution < -0.4 is 0 Å². The molecule has 0 saturated heterocycles. The number of hydrogen-bond donors (Lipinski definition) is 1. The summed E-state index contributed by atoms with van der Waals surface area (Å²) in [6.45, 7) is 0. The Kier molecular flexibility index (Phi) is 4.32. The lowest BCUT2D eigenvalue weighted by atomic mass is 10.0. The maximum Gasteiger partial charge on any atom is 0.416 e. The summed E-state index contributed by atoms with van der Waals surface area (Å²) < 4.78 is 38.1. The minimum Gasteiger partial charge on any atom is -0.387 e. The van der Waals surface area contributed by atoms with E-state index in [0.717, 1.165) is 21.5 Å². The Morgan fingerprint density at radius 2 is 1.84 bits per heavy atom. The minimum absolute atomic E-state index is 0.297. The molecule has 0 aliphatic carbocycles. The molecule has 0 spiro atoms. The lowest BCUT2D eigenvalue weighted by Gasteiger charge is -2.10. The van der Waals surface area contributed by atoms with E-state index in [4.69, 9.17) is 0 Å². The van der Waals surface area contributed by atoms with Crippen molar-refractivity contribution in [3.05, 3.63) is 56.2 Å². The number of aliphatic hydroxyl groups excluding tert-OH is 1. The highest BCUT2D eigenvalue weighted by Crippen LogP contribution is 2.31. The van der Waals surface area contributed by atoms with Gasteiger partial charge in [0.1, 0.15) is 0 Å². The van der Waals surface area contributed by atoms with Crippen LogP contribution in [0.3, 0.4) is 0 Å². The van der Waals surface area contributed by atoms with Crippen molar-refractivity contribution in [2.24, 2.45) is 0 Å². The maximum absolute atomic E-state index is 12.4. The molecule has 1 N–H and O–H groups in total. The molecule has 1 atom stereocenters. The van der Waals surface area contributed by atoms with Crippen LogP contribution in [0.5, 0.6) is 0 Å². The topological polar surface area (TPSA) is 20.2 Å². The predicted molar refractivity (Wildman–Crippen MR) is 72.1 cm³/mol. The molecule has 2 rings (SSSR count). The summed E-state index contributed by atoms with van der Waals surface area (Å²) >= 11 is 4.70. The van der Waals surface area contributed by atoms with E-state index in [-0.39, 0.29) is 0 Å². The standard InChI is InChI=1S/C13H10BrF3OS/c14-10-6-12(19-7-10)11(18)5-8-1-3-9(4-2-8)13(15,16)17/h1-4,6-7,11,18H,5H2. The van der Waals surface area contributed by atoms with Crippen LogP contribution in [-0.2, 0) is 12.6 Å². The molecule has 1 aromatic heterocycles. The van der Waals surface area contributed by atoms with Gasteiger partial charge < -0.3 is 5.11 Å². The number of benzene rings is 1. The van der Waals surface area contributed by atoms with Crippen LogP contribution >= 0.6 is 27.3 Å². The van der Waals surface area contributed by atoms with Crippen molar-refractivity contribution in [1.82, 2.24) is 0 Å². The van der Waals surface area contributed by atoms with Crippen LogP contribution in [-0.4, -0.2) is 5.11 Å². The van der Waals surface area contributed by atoms with Crippen molar-refractivity contribution < 1.29 is 18.3 Å². The van der Waals surface area contributed by atoms with Crippen LogP contribution in [0.15, 0.2) is 40.2 Å². The molecule has 102 valence electrons. The smallest absolute Gasteiger partial charge is 0.387 e. The van der Waals surface area contributed by atoms with Crippen LogP contribution in [0.25, 0.3) is 0 Å². The zero-order valence-electron chi connectivity index (χ0n) is 9.62. The van der Waals surface area contributed by atoms with Crippen molar-refractivity contribution in [3.63, 3.8) is 0 Å². The van der Waals surface area contributed by atoms with Gasteiger partial charge in [-0.15, -0.1) is 11.3 Å². The molecule has 0 aliphatic heterocycles. The second kappa shape index (κ2) is 5.64. The van der Waals surface area contributed by atoms with Gasteiger partial charge in [-0.1, -0.05) is 12.1 Å². The van der Waals surface area contributed by atoms with Crippen LogP contribution in [0.1, 0.15) is 22.1 Å². The summed E-state index contributed by atoms with van der Waals surface area (Å²) in [6.07, 6.45) is -4.73. The van der Waals surface area contributed by atoms with Gasteiger partial charge in [-0.25, -0.2) is 0 Å². The van der Waals surface area contributed by atoms with E-state index >= 15 is 0 Å². The Morgan fingerprint density at radius 3 is 2.32 bits per heavy atom. The number of halogens is 4. The van der Waals surface area contributed by atoms with Gasteiger partial charge in [0.15, 0.2) is 0 Å². The Morgan fingerprint density at radius 1 is 1.21 bits per heavy atom. The highest BCUT2D eigenvalue weighted by Gasteiger charge is 2.29. The molecule has 0 aliphatic rings. The van der Waals surface area contributed by atoms with Crippen LogP contribution in [0, 0.1) is 0 Å². The van der Waals surface area contributed by atoms with Gasteiger partial charge in [0.2, 0.25) is 0 Å². The summed E-state index contributed by atoms with van der Waals surface area (Å²) in [5, 5.41) is 11.8. The van der Waals surface area contributed by atoms with E-state index in [2.05, 4.69) is 15.9 Å². The van der Waals surface area contributed by atoms with Crippen molar-refractivity contribution in [2.45, 2.75) is 18.7 Å². The fourth-order valence-electron chi connectivity index (χ4n) is 1.66. The minimum atomic E-state index is -4.32. The Balaban J connectivity index is 2.07. The summed E-state index contributed by atoms with van der Waals surface area (Å²) in [6, 6.07) is 6.67. The molecule has 0 fully saturated rings. The largest absolute Gasteiger partial charge is 0.416 e. The SMILES string of the molecule is OC(Cc1ccc(C(F)(F)F)cc1)c1cc(Br)cs1. The van der Waals surface area contributed by atoms with Gasteiger partial charge in [-0.2, -0.15) is 13.2 Å². The summed E-state index contributed by atoms with van der Waals surface area (Å²) in [5.74, 6) is 0. The first-order valence-corrected chi connectivity index (χ1v) is 7.11. The molecule has 1 unspecified atom stereocenters. The summed E-state index contributed by atoms with van der Waals surface area (Å²) in [4.78, 5) is 0.784. The molecule has 0 saturated carbocycles. The number of thiophene rings is 1. The average molecular weight is 351 g/mol. The summed E-state index contributed by atoms with van der Waals surface area (Å²) in [7, 11) is 0. The summed E-state index contributed by atoms with van der Waals surface area (Å²) in [5.41, 5.74) is -0.00497. The molecule has 2 aromatic rings. The van der Waals surface area contributed by atoms with Gasteiger partial charge in [0.25, 0.3) is 0 Å². The molecule has 0 bridgehead atoms. The maximum atomic E-state index is 12.4.